The number of nitrogens with one attached hydrogen (secondary N) is 1. The largest absolute Gasteiger partial charge is 0.381 e. The maximum atomic E-state index is 5.83. The number of nitrogens with zero attached hydrogens (tertiary/aromatic N) is 2. The standard InChI is InChI=1S/C15H23N3O2/c1-3-12-11-10-16-7-4-13(11)18-14(17-12)15(19-2)5-8-20-9-6-15/h16H,3-10H2,1-2H3. The first-order valence-corrected chi connectivity index (χ1v) is 7.52. The van der Waals surface area contributed by atoms with Gasteiger partial charge in [-0.1, -0.05) is 6.92 Å². The Labute approximate surface area is 120 Å². The SMILES string of the molecule is CCc1nc(C2(OC)CCOCC2)nc2c1CNCC2. The van der Waals surface area contributed by atoms with Crippen LogP contribution in [0.5, 0.6) is 0 Å². The molecule has 0 aromatic carbocycles. The Morgan fingerprint density at radius 2 is 2.10 bits per heavy atom. The molecule has 0 amide bonds. The molecule has 1 aromatic rings. The topological polar surface area (TPSA) is 56.3 Å². The van der Waals surface area contributed by atoms with Crippen LogP contribution >= 0.6 is 0 Å². The van der Waals surface area contributed by atoms with E-state index in [9.17, 15) is 0 Å². The summed E-state index contributed by atoms with van der Waals surface area (Å²) in [5, 5.41) is 3.41. The van der Waals surface area contributed by atoms with Crippen LogP contribution in [-0.2, 0) is 34.5 Å². The quantitative estimate of drug-likeness (QED) is 0.903. The van der Waals surface area contributed by atoms with E-state index in [2.05, 4.69) is 12.2 Å². The lowest BCUT2D eigenvalue weighted by molar-refractivity contribution is -0.100. The van der Waals surface area contributed by atoms with Gasteiger partial charge in [0, 0.05) is 63.9 Å². The summed E-state index contributed by atoms with van der Waals surface area (Å²) in [6.07, 6.45) is 3.59. The summed E-state index contributed by atoms with van der Waals surface area (Å²) in [5.74, 6) is 0.862. The zero-order valence-electron chi connectivity index (χ0n) is 12.4. The number of rotatable bonds is 3. The minimum absolute atomic E-state index is 0.359. The van der Waals surface area contributed by atoms with Crippen molar-refractivity contribution in [3.8, 4) is 0 Å². The van der Waals surface area contributed by atoms with Crippen LogP contribution in [-0.4, -0.2) is 36.8 Å². The van der Waals surface area contributed by atoms with Gasteiger partial charge in [-0.3, -0.25) is 0 Å². The van der Waals surface area contributed by atoms with Gasteiger partial charge < -0.3 is 14.8 Å². The highest BCUT2D eigenvalue weighted by molar-refractivity contribution is 5.29. The van der Waals surface area contributed by atoms with Gasteiger partial charge in [-0.15, -0.1) is 0 Å². The van der Waals surface area contributed by atoms with Gasteiger partial charge in [0.2, 0.25) is 0 Å². The van der Waals surface area contributed by atoms with Crippen LogP contribution in [0.2, 0.25) is 0 Å². The molecule has 1 aromatic heterocycles. The van der Waals surface area contributed by atoms with Crippen molar-refractivity contribution in [3.05, 3.63) is 22.8 Å². The Balaban J connectivity index is 2.04. The third-order valence-corrected chi connectivity index (χ3v) is 4.45. The van der Waals surface area contributed by atoms with Crippen molar-refractivity contribution in [2.24, 2.45) is 0 Å². The summed E-state index contributed by atoms with van der Waals surface area (Å²) in [6.45, 7) is 5.48. The number of hydrogen-bond donors (Lipinski definition) is 1. The van der Waals surface area contributed by atoms with E-state index in [4.69, 9.17) is 19.4 Å². The van der Waals surface area contributed by atoms with E-state index in [1.165, 1.54) is 17.0 Å². The summed E-state index contributed by atoms with van der Waals surface area (Å²) in [4.78, 5) is 9.70. The van der Waals surface area contributed by atoms with E-state index in [0.717, 1.165) is 57.8 Å². The van der Waals surface area contributed by atoms with E-state index in [1.54, 1.807) is 7.11 Å². The van der Waals surface area contributed by atoms with Gasteiger partial charge in [-0.2, -0.15) is 0 Å². The number of hydrogen-bond acceptors (Lipinski definition) is 5. The van der Waals surface area contributed by atoms with Crippen LogP contribution in [0.4, 0.5) is 0 Å². The van der Waals surface area contributed by atoms with E-state index >= 15 is 0 Å². The van der Waals surface area contributed by atoms with Gasteiger partial charge >= 0.3 is 0 Å². The van der Waals surface area contributed by atoms with E-state index in [-0.39, 0.29) is 5.60 Å². The minimum atomic E-state index is -0.359. The van der Waals surface area contributed by atoms with Gasteiger partial charge in [0.1, 0.15) is 5.60 Å². The van der Waals surface area contributed by atoms with Gasteiger partial charge in [0.15, 0.2) is 5.82 Å². The summed E-state index contributed by atoms with van der Waals surface area (Å²) in [7, 11) is 1.77. The molecule has 20 heavy (non-hydrogen) atoms. The first-order chi connectivity index (χ1) is 9.79. The van der Waals surface area contributed by atoms with Crippen molar-refractivity contribution in [1.82, 2.24) is 15.3 Å². The van der Waals surface area contributed by atoms with Gasteiger partial charge in [0.25, 0.3) is 0 Å². The van der Waals surface area contributed by atoms with E-state index in [1.807, 2.05) is 0 Å². The van der Waals surface area contributed by atoms with Crippen molar-refractivity contribution in [2.75, 3.05) is 26.9 Å². The summed E-state index contributed by atoms with van der Waals surface area (Å²) < 4.78 is 11.3. The molecule has 5 heteroatoms. The molecule has 5 nitrogen and oxygen atoms in total. The highest BCUT2D eigenvalue weighted by Crippen LogP contribution is 2.34. The predicted octanol–water partition coefficient (Wildman–Crippen LogP) is 1.34. The fourth-order valence-corrected chi connectivity index (χ4v) is 3.13. The monoisotopic (exact) mass is 277 g/mol. The first-order valence-electron chi connectivity index (χ1n) is 7.52. The van der Waals surface area contributed by atoms with E-state index < -0.39 is 0 Å². The van der Waals surface area contributed by atoms with Crippen LogP contribution in [0, 0.1) is 0 Å². The number of fused-ring (bicyclic) bond motifs is 1. The molecule has 0 bridgehead atoms. The smallest absolute Gasteiger partial charge is 0.160 e. The van der Waals surface area contributed by atoms with Crippen molar-refractivity contribution < 1.29 is 9.47 Å². The normalized spacial score (nSPS) is 21.5. The molecule has 0 aliphatic carbocycles. The Morgan fingerprint density at radius 3 is 2.80 bits per heavy atom. The number of aromatic nitrogens is 2. The highest BCUT2D eigenvalue weighted by atomic mass is 16.5. The van der Waals surface area contributed by atoms with E-state index in [0.29, 0.717) is 0 Å². The van der Waals surface area contributed by atoms with Crippen molar-refractivity contribution in [2.45, 2.75) is 44.8 Å². The predicted molar refractivity (Wildman–Crippen MR) is 75.6 cm³/mol. The molecule has 1 N–H and O–H groups in total. The summed E-state index contributed by atoms with van der Waals surface area (Å²) in [5.41, 5.74) is 3.30. The van der Waals surface area contributed by atoms with Crippen LogP contribution < -0.4 is 5.32 Å². The molecule has 0 radical (unpaired) electrons. The van der Waals surface area contributed by atoms with Crippen molar-refractivity contribution in [1.29, 1.82) is 0 Å². The number of methoxy groups -OCH3 is 1. The third kappa shape index (κ3) is 2.34. The summed E-state index contributed by atoms with van der Waals surface area (Å²) >= 11 is 0. The maximum absolute atomic E-state index is 5.83. The molecule has 0 atom stereocenters. The molecule has 1 fully saturated rings. The number of aryl methyl sites for hydroxylation is 1. The van der Waals surface area contributed by atoms with Gasteiger partial charge in [-0.25, -0.2) is 9.97 Å². The van der Waals surface area contributed by atoms with Gasteiger partial charge in [-0.05, 0) is 6.42 Å². The zero-order chi connectivity index (χ0) is 14.0. The lowest BCUT2D eigenvalue weighted by Crippen LogP contribution is -2.39. The number of ether oxygens (including phenoxy) is 2. The van der Waals surface area contributed by atoms with Crippen molar-refractivity contribution >= 4 is 0 Å². The van der Waals surface area contributed by atoms with Crippen LogP contribution in [0.15, 0.2) is 0 Å². The maximum Gasteiger partial charge on any atom is 0.160 e. The fourth-order valence-electron chi connectivity index (χ4n) is 3.13. The molecule has 2 aliphatic rings. The Kier molecular flexibility index (Phi) is 4.01. The first kappa shape index (κ1) is 13.9. The van der Waals surface area contributed by atoms with Crippen molar-refractivity contribution in [3.63, 3.8) is 0 Å². The highest BCUT2D eigenvalue weighted by Gasteiger charge is 2.38. The second kappa shape index (κ2) is 5.76. The average Bonchev–Trinajstić information content (AvgIpc) is 2.54. The molecule has 0 saturated carbocycles. The Bertz CT molecular complexity index is 467. The molecule has 0 spiro atoms. The van der Waals surface area contributed by atoms with Crippen LogP contribution in [0.3, 0.4) is 0 Å². The average molecular weight is 277 g/mol. The zero-order valence-corrected chi connectivity index (χ0v) is 12.4. The Hall–Kier alpha value is -1.04. The molecule has 0 unspecified atom stereocenters. The molecule has 110 valence electrons. The van der Waals surface area contributed by atoms with Crippen LogP contribution in [0.1, 0.15) is 42.5 Å². The summed E-state index contributed by atoms with van der Waals surface area (Å²) in [6, 6.07) is 0. The van der Waals surface area contributed by atoms with Crippen LogP contribution in [0.25, 0.3) is 0 Å². The fraction of sp³-hybridized carbons (Fsp3) is 0.733. The molecule has 3 heterocycles. The molecular weight excluding hydrogens is 254 g/mol. The second-order valence-electron chi connectivity index (χ2n) is 5.51. The van der Waals surface area contributed by atoms with Gasteiger partial charge in [0.05, 0.1) is 5.69 Å². The lowest BCUT2D eigenvalue weighted by atomic mass is 9.92. The second-order valence-corrected chi connectivity index (χ2v) is 5.51. The lowest BCUT2D eigenvalue weighted by Gasteiger charge is -2.35. The Morgan fingerprint density at radius 1 is 1.30 bits per heavy atom. The molecular formula is C15H23N3O2. The molecule has 3 rings (SSSR count). The third-order valence-electron chi connectivity index (χ3n) is 4.45. The molecule has 1 saturated heterocycles. The molecule has 2 aliphatic heterocycles. The minimum Gasteiger partial charge on any atom is -0.381 e.